The van der Waals surface area contributed by atoms with Crippen molar-refractivity contribution in [1.29, 1.82) is 0 Å². The average Bonchev–Trinajstić information content (AvgIpc) is 2.83. The van der Waals surface area contributed by atoms with Crippen molar-refractivity contribution in [2.24, 2.45) is 0 Å². The van der Waals surface area contributed by atoms with E-state index in [-0.39, 0.29) is 5.91 Å². The second-order valence-electron chi connectivity index (χ2n) is 8.00. The van der Waals surface area contributed by atoms with Crippen LogP contribution in [0.5, 0.6) is 23.0 Å². The Morgan fingerprint density at radius 1 is 0.875 bits per heavy atom. The molecule has 2 aromatic rings. The number of fused-ring (bicyclic) bond motifs is 1. The fourth-order valence-electron chi connectivity index (χ4n) is 4.07. The van der Waals surface area contributed by atoms with Crippen molar-refractivity contribution in [3.8, 4) is 23.0 Å². The van der Waals surface area contributed by atoms with Crippen LogP contribution in [0.4, 0.5) is 0 Å². The summed E-state index contributed by atoms with van der Waals surface area (Å²) in [7, 11) is 8.62. The van der Waals surface area contributed by atoms with Crippen molar-refractivity contribution in [3.05, 3.63) is 47.0 Å². The lowest BCUT2D eigenvalue weighted by atomic mass is 9.98. The van der Waals surface area contributed by atoms with E-state index in [1.54, 1.807) is 34.5 Å². The van der Waals surface area contributed by atoms with Crippen molar-refractivity contribution < 1.29 is 23.7 Å². The molecule has 0 aromatic heterocycles. The molecule has 1 aliphatic heterocycles. The molecule has 0 saturated heterocycles. The van der Waals surface area contributed by atoms with Crippen LogP contribution in [0.3, 0.4) is 0 Å². The highest BCUT2D eigenvalue weighted by molar-refractivity contribution is 5.97. The summed E-state index contributed by atoms with van der Waals surface area (Å²) in [6.07, 6.45) is 2.68. The van der Waals surface area contributed by atoms with Gasteiger partial charge in [-0.2, -0.15) is 0 Å². The van der Waals surface area contributed by atoms with Crippen molar-refractivity contribution in [3.63, 3.8) is 0 Å². The van der Waals surface area contributed by atoms with Crippen LogP contribution in [0.15, 0.2) is 30.3 Å². The van der Waals surface area contributed by atoms with Gasteiger partial charge in [0.15, 0.2) is 23.0 Å². The van der Waals surface area contributed by atoms with Crippen LogP contribution in [0, 0.1) is 0 Å². The lowest BCUT2D eigenvalue weighted by Crippen LogP contribution is -2.39. The number of hydrogen-bond acceptors (Lipinski definition) is 6. The SMILES string of the molecule is COc1ccc(CCN(C)CCCN2CCc3cc(OC)c(OC)cc3C2=O)cc1OC. The molecule has 7 heteroatoms. The molecule has 0 saturated carbocycles. The number of ether oxygens (including phenoxy) is 4. The van der Waals surface area contributed by atoms with Gasteiger partial charge in [-0.3, -0.25) is 4.79 Å². The van der Waals surface area contributed by atoms with E-state index < -0.39 is 0 Å². The van der Waals surface area contributed by atoms with E-state index in [2.05, 4.69) is 18.0 Å². The maximum atomic E-state index is 13.0. The minimum Gasteiger partial charge on any atom is -0.493 e. The number of rotatable bonds is 11. The normalized spacial score (nSPS) is 13.2. The van der Waals surface area contributed by atoms with Crippen LogP contribution in [0.1, 0.15) is 27.9 Å². The van der Waals surface area contributed by atoms with Crippen LogP contribution >= 0.6 is 0 Å². The molecule has 0 aliphatic carbocycles. The van der Waals surface area contributed by atoms with Gasteiger partial charge in [0, 0.05) is 25.2 Å². The predicted octanol–water partition coefficient (Wildman–Crippen LogP) is 3.28. The molecule has 0 bridgehead atoms. The molecule has 0 radical (unpaired) electrons. The van der Waals surface area contributed by atoms with Gasteiger partial charge >= 0.3 is 0 Å². The molecule has 0 N–H and O–H groups in total. The van der Waals surface area contributed by atoms with E-state index in [1.165, 1.54) is 5.56 Å². The Bertz CT molecular complexity index is 931. The van der Waals surface area contributed by atoms with Gasteiger partial charge in [0.2, 0.25) is 0 Å². The highest BCUT2D eigenvalue weighted by Gasteiger charge is 2.26. The van der Waals surface area contributed by atoms with Gasteiger partial charge in [0.05, 0.1) is 28.4 Å². The number of amides is 1. The maximum Gasteiger partial charge on any atom is 0.254 e. The quantitative estimate of drug-likeness (QED) is 0.532. The van der Waals surface area contributed by atoms with Crippen LogP contribution in [0.2, 0.25) is 0 Å². The van der Waals surface area contributed by atoms with Crippen LogP contribution in [-0.2, 0) is 12.8 Å². The molecule has 32 heavy (non-hydrogen) atoms. The predicted molar refractivity (Wildman–Crippen MR) is 125 cm³/mol. The summed E-state index contributed by atoms with van der Waals surface area (Å²) in [4.78, 5) is 17.2. The molecule has 7 nitrogen and oxygen atoms in total. The summed E-state index contributed by atoms with van der Waals surface area (Å²) >= 11 is 0. The third-order valence-electron chi connectivity index (χ3n) is 5.98. The first kappa shape index (κ1) is 23.7. The Morgan fingerprint density at radius 3 is 2.22 bits per heavy atom. The first-order valence-corrected chi connectivity index (χ1v) is 10.9. The Hall–Kier alpha value is -2.93. The summed E-state index contributed by atoms with van der Waals surface area (Å²) < 4.78 is 21.4. The smallest absolute Gasteiger partial charge is 0.254 e. The number of carbonyl (C=O) groups is 1. The van der Waals surface area contributed by atoms with Crippen molar-refractivity contribution >= 4 is 5.91 Å². The van der Waals surface area contributed by atoms with E-state index in [9.17, 15) is 4.79 Å². The van der Waals surface area contributed by atoms with Gasteiger partial charge in [-0.25, -0.2) is 0 Å². The van der Waals surface area contributed by atoms with E-state index >= 15 is 0 Å². The lowest BCUT2D eigenvalue weighted by Gasteiger charge is -2.30. The van der Waals surface area contributed by atoms with E-state index in [1.807, 2.05) is 23.1 Å². The largest absolute Gasteiger partial charge is 0.493 e. The second-order valence-corrected chi connectivity index (χ2v) is 8.00. The molecule has 3 rings (SSSR count). The van der Waals surface area contributed by atoms with Crippen LogP contribution in [0.25, 0.3) is 0 Å². The monoisotopic (exact) mass is 442 g/mol. The Morgan fingerprint density at radius 2 is 1.53 bits per heavy atom. The Labute approximate surface area is 190 Å². The molecular formula is C25H34N2O5. The number of benzene rings is 2. The zero-order valence-corrected chi connectivity index (χ0v) is 19.8. The number of carbonyl (C=O) groups excluding carboxylic acids is 1. The third-order valence-corrected chi connectivity index (χ3v) is 5.98. The zero-order valence-electron chi connectivity index (χ0n) is 19.8. The Balaban J connectivity index is 1.49. The molecule has 2 aromatic carbocycles. The van der Waals surface area contributed by atoms with E-state index in [0.717, 1.165) is 68.1 Å². The fraction of sp³-hybridized carbons (Fsp3) is 0.480. The van der Waals surface area contributed by atoms with Gasteiger partial charge in [-0.1, -0.05) is 6.07 Å². The maximum absolute atomic E-state index is 13.0. The highest BCUT2D eigenvalue weighted by Crippen LogP contribution is 2.33. The fourth-order valence-corrected chi connectivity index (χ4v) is 4.07. The van der Waals surface area contributed by atoms with Crippen molar-refractivity contribution in [2.45, 2.75) is 19.3 Å². The average molecular weight is 443 g/mol. The molecule has 1 heterocycles. The summed E-state index contributed by atoms with van der Waals surface area (Å²) in [6, 6.07) is 9.77. The molecule has 0 unspecified atom stereocenters. The summed E-state index contributed by atoms with van der Waals surface area (Å²) in [6.45, 7) is 3.34. The van der Waals surface area contributed by atoms with Gasteiger partial charge < -0.3 is 28.7 Å². The molecule has 174 valence electrons. The van der Waals surface area contributed by atoms with Gasteiger partial charge in [-0.05, 0) is 68.2 Å². The number of nitrogens with zero attached hydrogens (tertiary/aromatic N) is 2. The summed E-state index contributed by atoms with van der Waals surface area (Å²) in [5.41, 5.74) is 2.95. The highest BCUT2D eigenvalue weighted by atomic mass is 16.5. The topological polar surface area (TPSA) is 60.5 Å². The Kier molecular flexibility index (Phi) is 8.22. The van der Waals surface area contributed by atoms with Crippen molar-refractivity contribution in [2.75, 3.05) is 61.7 Å². The minimum absolute atomic E-state index is 0.0696. The van der Waals surface area contributed by atoms with E-state index in [0.29, 0.717) is 11.5 Å². The first-order valence-electron chi connectivity index (χ1n) is 10.9. The van der Waals surface area contributed by atoms with Gasteiger partial charge in [0.1, 0.15) is 0 Å². The van der Waals surface area contributed by atoms with E-state index in [4.69, 9.17) is 18.9 Å². The molecular weight excluding hydrogens is 408 g/mol. The first-order chi connectivity index (χ1) is 15.5. The molecule has 1 amide bonds. The van der Waals surface area contributed by atoms with Gasteiger partial charge in [-0.15, -0.1) is 0 Å². The number of methoxy groups -OCH3 is 4. The summed E-state index contributed by atoms with van der Waals surface area (Å²) in [5.74, 6) is 2.83. The van der Waals surface area contributed by atoms with Gasteiger partial charge in [0.25, 0.3) is 5.91 Å². The molecule has 0 spiro atoms. The number of hydrogen-bond donors (Lipinski definition) is 0. The van der Waals surface area contributed by atoms with Crippen molar-refractivity contribution in [1.82, 2.24) is 9.80 Å². The molecule has 1 aliphatic rings. The number of likely N-dealkylation sites (N-methyl/N-ethyl adjacent to an activating group) is 1. The van der Waals surface area contributed by atoms with Crippen LogP contribution < -0.4 is 18.9 Å². The van der Waals surface area contributed by atoms with Crippen LogP contribution in [-0.4, -0.2) is 77.4 Å². The summed E-state index contributed by atoms with van der Waals surface area (Å²) in [5, 5.41) is 0. The lowest BCUT2D eigenvalue weighted by molar-refractivity contribution is 0.0732. The minimum atomic E-state index is 0.0696. The third kappa shape index (κ3) is 5.46. The standard InChI is InChI=1S/C25H34N2O5/c1-26(13-9-18-7-8-21(29-2)22(15-18)30-3)11-6-12-27-14-10-19-16-23(31-4)24(32-5)17-20(19)25(27)28/h7-8,15-17H,6,9-14H2,1-5H3. The molecule has 0 atom stereocenters. The zero-order chi connectivity index (χ0) is 23.1. The second kappa shape index (κ2) is 11.1. The molecule has 0 fully saturated rings.